The fourth-order valence-electron chi connectivity index (χ4n) is 2.90. The Bertz CT molecular complexity index is 955. The maximum atomic E-state index is 12.9. The number of benzene rings is 2. The van der Waals surface area contributed by atoms with E-state index < -0.39 is 17.8 Å². The van der Waals surface area contributed by atoms with Gasteiger partial charge < -0.3 is 20.1 Å². The zero-order chi connectivity index (χ0) is 20.3. The molecule has 0 unspecified atom stereocenters. The lowest BCUT2D eigenvalue weighted by atomic mass is 9.90. The number of esters is 1. The van der Waals surface area contributed by atoms with Crippen LogP contribution in [0, 0.1) is 0 Å². The molecule has 6 nitrogen and oxygen atoms in total. The van der Waals surface area contributed by atoms with E-state index in [4.69, 9.17) is 28.6 Å². The number of hydrogen-bond donors (Lipinski definition) is 2. The number of methoxy groups -OCH3 is 2. The summed E-state index contributed by atoms with van der Waals surface area (Å²) in [5.74, 6) is -1.06. The Morgan fingerprint density at radius 2 is 1.68 bits per heavy atom. The highest BCUT2D eigenvalue weighted by molar-refractivity contribution is 7.80. The van der Waals surface area contributed by atoms with Gasteiger partial charge in [-0.1, -0.05) is 35.9 Å². The molecular weight excluding hydrogens is 400 g/mol. The van der Waals surface area contributed by atoms with Gasteiger partial charge in [0.05, 0.1) is 31.5 Å². The molecule has 1 heterocycles. The first-order chi connectivity index (χ1) is 13.4. The molecule has 0 fully saturated rings. The van der Waals surface area contributed by atoms with Gasteiger partial charge in [-0.2, -0.15) is 0 Å². The predicted octanol–water partition coefficient (Wildman–Crippen LogP) is 3.02. The van der Waals surface area contributed by atoms with Gasteiger partial charge in [0.2, 0.25) is 0 Å². The molecule has 0 saturated carbocycles. The Kier molecular flexibility index (Phi) is 5.96. The number of hydrogen-bond acceptors (Lipinski definition) is 5. The molecule has 1 aliphatic heterocycles. The van der Waals surface area contributed by atoms with E-state index in [0.717, 1.165) is 5.56 Å². The minimum Gasteiger partial charge on any atom is -0.497 e. The van der Waals surface area contributed by atoms with Gasteiger partial charge in [0.1, 0.15) is 5.75 Å². The Morgan fingerprint density at radius 1 is 1.04 bits per heavy atom. The van der Waals surface area contributed by atoms with Crippen LogP contribution in [-0.4, -0.2) is 31.1 Å². The van der Waals surface area contributed by atoms with Crippen LogP contribution in [0.2, 0.25) is 5.02 Å². The predicted molar refractivity (Wildman–Crippen MR) is 110 cm³/mol. The van der Waals surface area contributed by atoms with Gasteiger partial charge in [0.25, 0.3) is 5.78 Å². The summed E-state index contributed by atoms with van der Waals surface area (Å²) in [5, 5.41) is 6.92. The first-order valence-electron chi connectivity index (χ1n) is 8.28. The fourth-order valence-corrected chi connectivity index (χ4v) is 3.25. The Morgan fingerprint density at radius 3 is 2.25 bits per heavy atom. The summed E-state index contributed by atoms with van der Waals surface area (Å²) in [7, 11) is 2.73. The second kappa shape index (κ2) is 8.41. The number of carbonyl (C=O) groups is 2. The zero-order valence-electron chi connectivity index (χ0n) is 15.1. The van der Waals surface area contributed by atoms with E-state index in [1.807, 2.05) is 0 Å². The average Bonchev–Trinajstić information content (AvgIpc) is 2.72. The summed E-state index contributed by atoms with van der Waals surface area (Å²) in [4.78, 5) is 25.0. The van der Waals surface area contributed by atoms with Gasteiger partial charge in [0.15, 0.2) is 5.11 Å². The smallest absolute Gasteiger partial charge is 0.379 e. The van der Waals surface area contributed by atoms with E-state index in [2.05, 4.69) is 15.4 Å². The number of carbonyl (C=O) groups excluding carboxylic acids is 2. The Balaban J connectivity index is 2.18. The number of halogens is 1. The molecule has 1 aliphatic rings. The second-order valence-corrected chi connectivity index (χ2v) is 6.77. The first kappa shape index (κ1) is 19.9. The minimum atomic E-state index is -0.962. The molecule has 0 spiro atoms. The van der Waals surface area contributed by atoms with Crippen molar-refractivity contribution >= 4 is 46.4 Å². The molecule has 2 N–H and O–H groups in total. The lowest BCUT2D eigenvalue weighted by Gasteiger charge is -2.31. The summed E-state index contributed by atoms with van der Waals surface area (Å²) in [6.45, 7) is 0. The normalized spacial score (nSPS) is 16.1. The number of thiocarbonyl (C=S) groups is 1. The molecule has 8 heteroatoms. The molecule has 0 radical (unpaired) electrons. The van der Waals surface area contributed by atoms with Crippen LogP contribution in [-0.2, 0) is 14.3 Å². The van der Waals surface area contributed by atoms with E-state index in [1.54, 1.807) is 55.6 Å². The van der Waals surface area contributed by atoms with Crippen LogP contribution >= 0.6 is 23.8 Å². The number of ketones is 1. The van der Waals surface area contributed by atoms with Gasteiger partial charge in [-0.15, -0.1) is 0 Å². The maximum absolute atomic E-state index is 12.9. The largest absolute Gasteiger partial charge is 0.497 e. The van der Waals surface area contributed by atoms with Crippen molar-refractivity contribution in [1.82, 2.24) is 10.6 Å². The molecular formula is C20H17ClN2O4S. The van der Waals surface area contributed by atoms with Gasteiger partial charge in [0, 0.05) is 5.02 Å². The van der Waals surface area contributed by atoms with Gasteiger partial charge in [-0.05, 0) is 47.6 Å². The Labute approximate surface area is 172 Å². The Hall–Kier alpha value is -2.90. The third kappa shape index (κ3) is 4.00. The number of Topliss-reactive ketones (excluding diaryl/α,β-unsaturated/α-hetero) is 1. The highest BCUT2D eigenvalue weighted by atomic mass is 35.5. The molecule has 2 aromatic rings. The van der Waals surface area contributed by atoms with E-state index in [0.29, 0.717) is 27.1 Å². The fraction of sp³-hybridized carbons (Fsp3) is 0.150. The SMILES string of the molecule is COC(=O)C(=O)C1=C(c2ccc(Cl)cc2)NC(=S)N[C@@H]1c1ccc(OC)cc1. The standard InChI is InChI=1S/C20H17ClN2O4S/c1-26-14-9-5-12(6-10-14)17-15(18(24)19(25)27-2)16(22-20(28)23-17)11-3-7-13(21)8-4-11/h3-10,17H,1-2H3,(H2,22,23,28)/t17-/m1/s1. The lowest BCUT2D eigenvalue weighted by molar-refractivity contribution is -0.150. The van der Waals surface area contributed by atoms with Crippen LogP contribution in [0.15, 0.2) is 54.1 Å². The van der Waals surface area contributed by atoms with Crippen molar-refractivity contribution in [3.05, 3.63) is 70.3 Å². The molecule has 0 aromatic heterocycles. The number of nitrogens with one attached hydrogen (secondary N) is 2. The average molecular weight is 417 g/mol. The first-order valence-corrected chi connectivity index (χ1v) is 9.07. The van der Waals surface area contributed by atoms with E-state index >= 15 is 0 Å². The van der Waals surface area contributed by atoms with Crippen LogP contribution in [0.25, 0.3) is 5.70 Å². The minimum absolute atomic E-state index is 0.202. The van der Waals surface area contributed by atoms with Crippen LogP contribution in [0.3, 0.4) is 0 Å². The van der Waals surface area contributed by atoms with Gasteiger partial charge in [-0.25, -0.2) is 4.79 Å². The summed E-state index contributed by atoms with van der Waals surface area (Å²) in [5.41, 5.74) is 2.03. The molecule has 1 atom stereocenters. The van der Waals surface area contributed by atoms with Crippen molar-refractivity contribution in [2.75, 3.05) is 14.2 Å². The molecule has 3 rings (SSSR count). The summed E-state index contributed by atoms with van der Waals surface area (Å²) >= 11 is 11.3. The van der Waals surface area contributed by atoms with Crippen LogP contribution in [0.1, 0.15) is 17.2 Å². The maximum Gasteiger partial charge on any atom is 0.379 e. The zero-order valence-corrected chi connectivity index (χ0v) is 16.7. The molecule has 0 amide bonds. The van der Waals surface area contributed by atoms with Crippen LogP contribution in [0.4, 0.5) is 0 Å². The lowest BCUT2D eigenvalue weighted by Crippen LogP contribution is -2.46. The molecule has 0 saturated heterocycles. The van der Waals surface area contributed by atoms with Crippen molar-refractivity contribution in [2.45, 2.75) is 6.04 Å². The van der Waals surface area contributed by atoms with Crippen molar-refractivity contribution in [2.24, 2.45) is 0 Å². The van der Waals surface area contributed by atoms with Crippen molar-refractivity contribution < 1.29 is 19.1 Å². The molecule has 28 heavy (non-hydrogen) atoms. The van der Waals surface area contributed by atoms with Gasteiger partial charge in [-0.3, -0.25) is 4.79 Å². The second-order valence-electron chi connectivity index (χ2n) is 5.92. The third-order valence-electron chi connectivity index (χ3n) is 4.27. The van der Waals surface area contributed by atoms with Crippen LogP contribution in [0.5, 0.6) is 5.75 Å². The van der Waals surface area contributed by atoms with Gasteiger partial charge >= 0.3 is 5.97 Å². The number of ether oxygens (including phenoxy) is 2. The molecule has 0 bridgehead atoms. The highest BCUT2D eigenvalue weighted by Gasteiger charge is 2.35. The highest BCUT2D eigenvalue weighted by Crippen LogP contribution is 2.33. The summed E-state index contributed by atoms with van der Waals surface area (Å²) in [6.07, 6.45) is 0. The van der Waals surface area contributed by atoms with E-state index in [9.17, 15) is 9.59 Å². The van der Waals surface area contributed by atoms with E-state index in [-0.39, 0.29) is 5.57 Å². The topological polar surface area (TPSA) is 76.7 Å². The van der Waals surface area contributed by atoms with Crippen LogP contribution < -0.4 is 15.4 Å². The third-order valence-corrected chi connectivity index (χ3v) is 4.74. The quantitative estimate of drug-likeness (QED) is 0.440. The molecule has 0 aliphatic carbocycles. The van der Waals surface area contributed by atoms with Crippen molar-refractivity contribution in [1.29, 1.82) is 0 Å². The summed E-state index contributed by atoms with van der Waals surface area (Å²) < 4.78 is 9.85. The monoisotopic (exact) mass is 416 g/mol. The van der Waals surface area contributed by atoms with Crippen molar-refractivity contribution in [3.8, 4) is 5.75 Å². The number of rotatable bonds is 5. The van der Waals surface area contributed by atoms with Crippen molar-refractivity contribution in [3.63, 3.8) is 0 Å². The molecule has 2 aromatic carbocycles. The summed E-state index contributed by atoms with van der Waals surface area (Å²) in [6, 6.07) is 13.4. The molecule has 144 valence electrons. The van der Waals surface area contributed by atoms with E-state index in [1.165, 1.54) is 7.11 Å².